The summed E-state index contributed by atoms with van der Waals surface area (Å²) in [6, 6.07) is 10.6. The van der Waals surface area contributed by atoms with E-state index in [9.17, 15) is 9.59 Å². The fraction of sp³-hybridized carbons (Fsp3) is 0.550. The number of urea groups is 1. The summed E-state index contributed by atoms with van der Waals surface area (Å²) in [5.74, 6) is 0.556. The first-order valence-corrected chi connectivity index (χ1v) is 10.0. The molecule has 2 fully saturated rings. The molecule has 0 saturated carbocycles. The number of nitrogens with one attached hydrogen (secondary N) is 3. The maximum atomic E-state index is 11.6. The first-order valence-electron chi connectivity index (χ1n) is 10.0. The molecule has 0 radical (unpaired) electrons. The molecule has 2 aliphatic heterocycles. The highest BCUT2D eigenvalue weighted by atomic mass is 127. The summed E-state index contributed by atoms with van der Waals surface area (Å²) in [7, 11) is 0. The van der Waals surface area contributed by atoms with Crippen molar-refractivity contribution in [3.63, 3.8) is 0 Å². The number of rotatable bonds is 7. The van der Waals surface area contributed by atoms with Crippen LogP contribution in [0.4, 0.5) is 4.79 Å². The van der Waals surface area contributed by atoms with Gasteiger partial charge in [-0.05, 0) is 25.3 Å². The number of piperidine rings is 1. The lowest BCUT2D eigenvalue weighted by Gasteiger charge is -2.33. The molecule has 3 N–H and O–H groups in total. The lowest BCUT2D eigenvalue weighted by molar-refractivity contribution is -0.124. The van der Waals surface area contributed by atoms with Gasteiger partial charge in [-0.2, -0.15) is 0 Å². The van der Waals surface area contributed by atoms with Gasteiger partial charge in [-0.15, -0.1) is 24.0 Å². The third-order valence-electron chi connectivity index (χ3n) is 5.05. The van der Waals surface area contributed by atoms with E-state index in [2.05, 4.69) is 50.1 Å². The molecule has 0 spiro atoms. The Bertz CT molecular complexity index is 675. The molecule has 3 rings (SSSR count). The van der Waals surface area contributed by atoms with Crippen LogP contribution in [-0.2, 0) is 11.3 Å². The zero-order chi connectivity index (χ0) is 19.8. The third-order valence-corrected chi connectivity index (χ3v) is 5.05. The average Bonchev–Trinajstić information content (AvgIpc) is 3.02. The minimum Gasteiger partial charge on any atom is -0.357 e. The maximum absolute atomic E-state index is 11.6. The molecule has 3 amide bonds. The van der Waals surface area contributed by atoms with Gasteiger partial charge < -0.3 is 16.0 Å². The molecule has 0 bridgehead atoms. The van der Waals surface area contributed by atoms with Gasteiger partial charge in [0, 0.05) is 32.2 Å². The molecule has 9 heteroatoms. The second-order valence-electron chi connectivity index (χ2n) is 7.15. The van der Waals surface area contributed by atoms with Crippen LogP contribution >= 0.6 is 24.0 Å². The Morgan fingerprint density at radius 2 is 1.93 bits per heavy atom. The average molecular weight is 514 g/mol. The number of hydrogen-bond donors (Lipinski definition) is 3. The Balaban J connectivity index is 0.00000300. The van der Waals surface area contributed by atoms with Crippen molar-refractivity contribution in [2.45, 2.75) is 32.4 Å². The van der Waals surface area contributed by atoms with Crippen LogP contribution in [0.15, 0.2) is 35.3 Å². The van der Waals surface area contributed by atoms with Gasteiger partial charge in [-0.25, -0.2) is 4.79 Å². The van der Waals surface area contributed by atoms with E-state index in [1.807, 2.05) is 13.0 Å². The second kappa shape index (κ2) is 12.0. The molecule has 8 nitrogen and oxygen atoms in total. The Labute approximate surface area is 189 Å². The number of benzene rings is 1. The Morgan fingerprint density at radius 1 is 1.21 bits per heavy atom. The van der Waals surface area contributed by atoms with Gasteiger partial charge in [0.25, 0.3) is 0 Å². The fourth-order valence-electron chi connectivity index (χ4n) is 3.53. The monoisotopic (exact) mass is 514 g/mol. The lowest BCUT2D eigenvalue weighted by atomic mass is 10.0. The van der Waals surface area contributed by atoms with Crippen LogP contribution in [0.2, 0.25) is 0 Å². The van der Waals surface area contributed by atoms with Gasteiger partial charge in [-0.1, -0.05) is 30.3 Å². The minimum absolute atomic E-state index is 0. The molecule has 2 heterocycles. The molecule has 0 aliphatic carbocycles. The van der Waals surface area contributed by atoms with Crippen LogP contribution in [0, 0.1) is 0 Å². The van der Waals surface area contributed by atoms with Crippen molar-refractivity contribution in [1.82, 2.24) is 25.8 Å². The number of hydrogen-bond acceptors (Lipinski definition) is 4. The standard InChI is InChI=1S/C20H30N6O2.HI/c1-2-21-19(22-10-13-26-18(27)14-23-20(26)28)24-17-8-11-25(12-9-17)15-16-6-4-3-5-7-16;/h3-7,17H,2,8-15H2,1H3,(H,23,28)(H2,21,22,24);1H. The van der Waals surface area contributed by atoms with Crippen molar-refractivity contribution in [3.8, 4) is 0 Å². The first-order chi connectivity index (χ1) is 13.7. The molecular formula is C20H31IN6O2. The van der Waals surface area contributed by atoms with E-state index in [1.165, 1.54) is 10.5 Å². The Morgan fingerprint density at radius 3 is 2.55 bits per heavy atom. The quantitative estimate of drug-likeness (QED) is 0.222. The number of aliphatic imine (C=N–C) groups is 1. The van der Waals surface area contributed by atoms with Crippen molar-refractivity contribution >= 4 is 41.9 Å². The number of carbonyl (C=O) groups is 2. The summed E-state index contributed by atoms with van der Waals surface area (Å²) in [4.78, 5) is 31.4. The molecule has 29 heavy (non-hydrogen) atoms. The smallest absolute Gasteiger partial charge is 0.324 e. The van der Waals surface area contributed by atoms with Gasteiger partial charge in [-0.3, -0.25) is 19.6 Å². The van der Waals surface area contributed by atoms with Crippen molar-refractivity contribution < 1.29 is 9.59 Å². The summed E-state index contributed by atoms with van der Waals surface area (Å²) in [5, 5.41) is 9.27. The van der Waals surface area contributed by atoms with Gasteiger partial charge in [0.15, 0.2) is 5.96 Å². The van der Waals surface area contributed by atoms with Crippen LogP contribution in [0.25, 0.3) is 0 Å². The van der Waals surface area contributed by atoms with Gasteiger partial charge >= 0.3 is 6.03 Å². The van der Waals surface area contributed by atoms with E-state index in [4.69, 9.17) is 0 Å². The van der Waals surface area contributed by atoms with Crippen LogP contribution in [0.3, 0.4) is 0 Å². The number of halogens is 1. The second-order valence-corrected chi connectivity index (χ2v) is 7.15. The molecule has 2 aliphatic rings. The number of carbonyl (C=O) groups excluding carboxylic acids is 2. The van der Waals surface area contributed by atoms with Crippen molar-refractivity contribution in [2.24, 2.45) is 4.99 Å². The highest BCUT2D eigenvalue weighted by Crippen LogP contribution is 2.13. The Kier molecular flexibility index (Phi) is 9.65. The summed E-state index contributed by atoms with van der Waals surface area (Å²) in [6.07, 6.45) is 2.12. The summed E-state index contributed by atoms with van der Waals surface area (Å²) in [5.41, 5.74) is 1.35. The lowest BCUT2D eigenvalue weighted by Crippen LogP contribution is -2.48. The zero-order valence-electron chi connectivity index (χ0n) is 16.9. The summed E-state index contributed by atoms with van der Waals surface area (Å²) >= 11 is 0. The molecule has 0 unspecified atom stereocenters. The van der Waals surface area contributed by atoms with Gasteiger partial charge in [0.05, 0.1) is 19.6 Å². The first kappa shape index (κ1) is 23.4. The summed E-state index contributed by atoms with van der Waals surface area (Å²) < 4.78 is 0. The molecular weight excluding hydrogens is 483 g/mol. The van der Waals surface area contributed by atoms with Crippen LogP contribution in [0.5, 0.6) is 0 Å². The van der Waals surface area contributed by atoms with Crippen molar-refractivity contribution in [1.29, 1.82) is 0 Å². The number of imide groups is 1. The van der Waals surface area contributed by atoms with Crippen molar-refractivity contribution in [2.75, 3.05) is 39.3 Å². The van der Waals surface area contributed by atoms with E-state index < -0.39 is 0 Å². The van der Waals surface area contributed by atoms with E-state index in [-0.39, 0.29) is 42.5 Å². The predicted molar refractivity (Wildman–Crippen MR) is 124 cm³/mol. The number of amides is 3. The van der Waals surface area contributed by atoms with Gasteiger partial charge in [0.2, 0.25) is 5.91 Å². The minimum atomic E-state index is -0.330. The van der Waals surface area contributed by atoms with Crippen LogP contribution in [0.1, 0.15) is 25.3 Å². The van der Waals surface area contributed by atoms with Gasteiger partial charge in [0.1, 0.15) is 0 Å². The maximum Gasteiger partial charge on any atom is 0.324 e. The van der Waals surface area contributed by atoms with Crippen LogP contribution in [-0.4, -0.2) is 73.0 Å². The normalized spacial score (nSPS) is 18.4. The molecule has 0 aromatic heterocycles. The van der Waals surface area contributed by atoms with E-state index in [1.54, 1.807) is 0 Å². The zero-order valence-corrected chi connectivity index (χ0v) is 19.2. The largest absolute Gasteiger partial charge is 0.357 e. The molecule has 160 valence electrons. The SMILES string of the molecule is CCNC(=NCCN1C(=O)CNC1=O)NC1CCN(Cc2ccccc2)CC1.I. The predicted octanol–water partition coefficient (Wildman–Crippen LogP) is 1.38. The molecule has 0 atom stereocenters. The molecule has 1 aromatic carbocycles. The number of nitrogens with zero attached hydrogens (tertiary/aromatic N) is 3. The topological polar surface area (TPSA) is 89.1 Å². The highest BCUT2D eigenvalue weighted by Gasteiger charge is 2.27. The fourth-order valence-corrected chi connectivity index (χ4v) is 3.53. The molecule has 1 aromatic rings. The number of likely N-dealkylation sites (tertiary alicyclic amines) is 1. The third kappa shape index (κ3) is 7.14. The van der Waals surface area contributed by atoms with E-state index in [0.29, 0.717) is 19.1 Å². The van der Waals surface area contributed by atoms with Crippen molar-refractivity contribution in [3.05, 3.63) is 35.9 Å². The Hall–Kier alpha value is -1.88. The highest BCUT2D eigenvalue weighted by molar-refractivity contribution is 14.0. The van der Waals surface area contributed by atoms with Crippen LogP contribution < -0.4 is 16.0 Å². The summed E-state index contributed by atoms with van der Waals surface area (Å²) in [6.45, 7) is 6.66. The molecule has 2 saturated heterocycles. The van der Waals surface area contributed by atoms with E-state index in [0.717, 1.165) is 45.0 Å². The van der Waals surface area contributed by atoms with E-state index >= 15 is 0 Å². The number of guanidine groups is 1.